The molecule has 0 bridgehead atoms. The zero-order valence-corrected chi connectivity index (χ0v) is 12.1. The molecule has 1 rings (SSSR count). The van der Waals surface area contributed by atoms with Crippen LogP contribution in [0.3, 0.4) is 0 Å². The molecule has 0 fully saturated rings. The monoisotopic (exact) mass is 285 g/mol. The number of amides is 1. The number of rotatable bonds is 5. The second-order valence-corrected chi connectivity index (χ2v) is 6.26. The molecule has 1 amide bonds. The van der Waals surface area contributed by atoms with E-state index in [0.29, 0.717) is 11.3 Å². The lowest BCUT2D eigenvalue weighted by molar-refractivity contribution is -0.118. The van der Waals surface area contributed by atoms with Crippen molar-refractivity contribution in [1.82, 2.24) is 4.31 Å². The molecule has 6 nitrogen and oxygen atoms in total. The first-order valence-corrected chi connectivity index (χ1v) is 7.29. The minimum Gasteiger partial charge on any atom is -0.399 e. The summed E-state index contributed by atoms with van der Waals surface area (Å²) >= 11 is 0. The van der Waals surface area contributed by atoms with Gasteiger partial charge in [-0.25, -0.2) is 8.42 Å². The van der Waals surface area contributed by atoms with Crippen molar-refractivity contribution in [2.24, 2.45) is 5.73 Å². The van der Waals surface area contributed by atoms with Crippen LogP contribution in [-0.2, 0) is 14.8 Å². The van der Waals surface area contributed by atoms with Gasteiger partial charge in [-0.1, -0.05) is 6.92 Å². The van der Waals surface area contributed by atoms with E-state index in [1.165, 1.54) is 6.07 Å². The summed E-state index contributed by atoms with van der Waals surface area (Å²) in [6.07, 6.45) is 0. The number of nitrogen functional groups attached to an aromatic ring is 1. The second-order valence-electron chi connectivity index (χ2n) is 4.36. The third kappa shape index (κ3) is 3.24. The van der Waals surface area contributed by atoms with Crippen LogP contribution in [0.25, 0.3) is 0 Å². The van der Waals surface area contributed by atoms with Gasteiger partial charge in [0.05, 0.1) is 11.4 Å². The van der Waals surface area contributed by atoms with Crippen LogP contribution < -0.4 is 11.5 Å². The molecule has 0 heterocycles. The summed E-state index contributed by atoms with van der Waals surface area (Å²) in [4.78, 5) is 11.1. The van der Waals surface area contributed by atoms with E-state index in [0.717, 1.165) is 9.87 Å². The van der Waals surface area contributed by atoms with E-state index in [2.05, 4.69) is 0 Å². The third-order valence-electron chi connectivity index (χ3n) is 2.94. The van der Waals surface area contributed by atoms with E-state index in [1.807, 2.05) is 0 Å². The lowest BCUT2D eigenvalue weighted by Crippen LogP contribution is -2.38. The van der Waals surface area contributed by atoms with E-state index in [4.69, 9.17) is 11.5 Å². The smallest absolute Gasteiger partial charge is 0.243 e. The van der Waals surface area contributed by atoms with Gasteiger partial charge < -0.3 is 11.5 Å². The number of benzene rings is 1. The highest BCUT2D eigenvalue weighted by Crippen LogP contribution is 2.25. The fourth-order valence-electron chi connectivity index (χ4n) is 1.80. The Kier molecular flexibility index (Phi) is 4.54. The molecular formula is C12H19N3O3S. The van der Waals surface area contributed by atoms with Gasteiger partial charge in [-0.2, -0.15) is 4.31 Å². The zero-order valence-electron chi connectivity index (χ0n) is 11.3. The lowest BCUT2D eigenvalue weighted by Gasteiger charge is -2.21. The van der Waals surface area contributed by atoms with Crippen molar-refractivity contribution in [3.8, 4) is 0 Å². The molecule has 19 heavy (non-hydrogen) atoms. The van der Waals surface area contributed by atoms with Gasteiger partial charge in [0.1, 0.15) is 0 Å². The van der Waals surface area contributed by atoms with Crippen molar-refractivity contribution in [2.75, 3.05) is 18.8 Å². The summed E-state index contributed by atoms with van der Waals surface area (Å²) in [7, 11) is -3.77. The Labute approximate surface area is 113 Å². The summed E-state index contributed by atoms with van der Waals surface area (Å²) < 4.78 is 26.0. The third-order valence-corrected chi connectivity index (χ3v) is 4.99. The largest absolute Gasteiger partial charge is 0.399 e. The number of aryl methyl sites for hydroxylation is 1. The highest BCUT2D eigenvalue weighted by Gasteiger charge is 2.26. The van der Waals surface area contributed by atoms with E-state index < -0.39 is 15.9 Å². The fraction of sp³-hybridized carbons (Fsp3) is 0.417. The van der Waals surface area contributed by atoms with Gasteiger partial charge in [-0.15, -0.1) is 0 Å². The van der Waals surface area contributed by atoms with Crippen molar-refractivity contribution in [2.45, 2.75) is 25.7 Å². The molecule has 0 atom stereocenters. The second kappa shape index (κ2) is 5.58. The molecule has 0 saturated heterocycles. The molecular weight excluding hydrogens is 266 g/mol. The number of hydrogen-bond donors (Lipinski definition) is 2. The molecule has 0 saturated carbocycles. The summed E-state index contributed by atoms with van der Waals surface area (Å²) in [6.45, 7) is 4.97. The van der Waals surface area contributed by atoms with Crippen LogP contribution >= 0.6 is 0 Å². The molecule has 0 radical (unpaired) electrons. The van der Waals surface area contributed by atoms with Gasteiger partial charge in [0, 0.05) is 12.2 Å². The number of hydrogen-bond acceptors (Lipinski definition) is 4. The summed E-state index contributed by atoms with van der Waals surface area (Å²) in [5.41, 5.74) is 12.5. The topological polar surface area (TPSA) is 106 Å². The SMILES string of the molecule is CCN(CC(N)=O)S(=O)(=O)c1cc(N)cc(C)c1C. The van der Waals surface area contributed by atoms with E-state index in [-0.39, 0.29) is 18.0 Å². The molecule has 1 aromatic carbocycles. The Morgan fingerprint density at radius 3 is 2.37 bits per heavy atom. The van der Waals surface area contributed by atoms with Crippen LogP contribution in [0, 0.1) is 13.8 Å². The van der Waals surface area contributed by atoms with Crippen LogP contribution in [-0.4, -0.2) is 31.7 Å². The fourth-order valence-corrected chi connectivity index (χ4v) is 3.55. The molecule has 0 spiro atoms. The van der Waals surface area contributed by atoms with Crippen LogP contribution in [0.5, 0.6) is 0 Å². The molecule has 0 aromatic heterocycles. The van der Waals surface area contributed by atoms with Crippen molar-refractivity contribution in [3.63, 3.8) is 0 Å². The molecule has 0 aliphatic heterocycles. The van der Waals surface area contributed by atoms with Crippen LogP contribution in [0.1, 0.15) is 18.1 Å². The Bertz CT molecular complexity index is 596. The minimum absolute atomic E-state index is 0.119. The number of likely N-dealkylation sites (N-methyl/N-ethyl adjacent to an activating group) is 1. The highest BCUT2D eigenvalue weighted by molar-refractivity contribution is 7.89. The number of nitrogens with two attached hydrogens (primary N) is 2. The van der Waals surface area contributed by atoms with Gasteiger partial charge in [0.15, 0.2) is 0 Å². The summed E-state index contributed by atoms with van der Waals surface area (Å²) in [5.74, 6) is -0.691. The number of carbonyl (C=O) groups excluding carboxylic acids is 1. The van der Waals surface area contributed by atoms with Gasteiger partial charge in [-0.3, -0.25) is 4.79 Å². The molecule has 4 N–H and O–H groups in total. The maximum atomic E-state index is 12.5. The van der Waals surface area contributed by atoms with E-state index in [9.17, 15) is 13.2 Å². The highest BCUT2D eigenvalue weighted by atomic mass is 32.2. The first kappa shape index (κ1) is 15.5. The predicted octanol–water partition coefficient (Wildman–Crippen LogP) is 0.382. The first-order valence-electron chi connectivity index (χ1n) is 5.85. The minimum atomic E-state index is -3.77. The quantitative estimate of drug-likeness (QED) is 0.763. The number of primary amides is 1. The molecule has 1 aromatic rings. The number of sulfonamides is 1. The number of carbonyl (C=O) groups is 1. The molecule has 0 aliphatic rings. The van der Waals surface area contributed by atoms with Crippen molar-refractivity contribution in [3.05, 3.63) is 23.3 Å². The van der Waals surface area contributed by atoms with Gasteiger partial charge in [0.25, 0.3) is 0 Å². The van der Waals surface area contributed by atoms with E-state index >= 15 is 0 Å². The van der Waals surface area contributed by atoms with Gasteiger partial charge in [-0.05, 0) is 37.1 Å². The Balaban J connectivity index is 3.37. The Morgan fingerprint density at radius 1 is 1.32 bits per heavy atom. The summed E-state index contributed by atoms with van der Waals surface area (Å²) in [6, 6.07) is 3.11. The maximum absolute atomic E-state index is 12.5. The Morgan fingerprint density at radius 2 is 1.89 bits per heavy atom. The average Bonchev–Trinajstić information content (AvgIpc) is 2.30. The molecule has 0 aliphatic carbocycles. The molecule has 0 unspecified atom stereocenters. The number of nitrogens with zero attached hydrogens (tertiary/aromatic N) is 1. The van der Waals surface area contributed by atoms with Crippen molar-refractivity contribution < 1.29 is 13.2 Å². The van der Waals surface area contributed by atoms with Gasteiger partial charge in [0.2, 0.25) is 15.9 Å². The predicted molar refractivity (Wildman–Crippen MR) is 74.0 cm³/mol. The van der Waals surface area contributed by atoms with E-state index in [1.54, 1.807) is 26.8 Å². The molecule has 7 heteroatoms. The van der Waals surface area contributed by atoms with Gasteiger partial charge >= 0.3 is 0 Å². The van der Waals surface area contributed by atoms with Crippen LogP contribution in [0.4, 0.5) is 5.69 Å². The molecule has 106 valence electrons. The Hall–Kier alpha value is -1.60. The van der Waals surface area contributed by atoms with Crippen LogP contribution in [0.2, 0.25) is 0 Å². The van der Waals surface area contributed by atoms with Crippen LogP contribution in [0.15, 0.2) is 17.0 Å². The number of anilines is 1. The summed E-state index contributed by atoms with van der Waals surface area (Å²) in [5, 5.41) is 0. The average molecular weight is 285 g/mol. The lowest BCUT2D eigenvalue weighted by atomic mass is 10.1. The van der Waals surface area contributed by atoms with Crippen molar-refractivity contribution in [1.29, 1.82) is 0 Å². The maximum Gasteiger partial charge on any atom is 0.243 e. The normalized spacial score (nSPS) is 11.8. The zero-order chi connectivity index (χ0) is 14.8. The first-order chi connectivity index (χ1) is 8.70. The van der Waals surface area contributed by atoms with Crippen molar-refractivity contribution >= 4 is 21.6 Å². The standard InChI is InChI=1S/C12H19N3O3S/c1-4-15(7-12(14)16)19(17,18)11-6-10(13)5-8(2)9(11)3/h5-6H,4,7,13H2,1-3H3,(H2,14,16).